The van der Waals surface area contributed by atoms with Gasteiger partial charge in [-0.2, -0.15) is 0 Å². The first-order valence-corrected chi connectivity index (χ1v) is 10.7. The van der Waals surface area contributed by atoms with Crippen LogP contribution in [0.15, 0.2) is 35.4 Å². The Morgan fingerprint density at radius 3 is 2.58 bits per heavy atom. The first-order valence-electron chi connectivity index (χ1n) is 8.81. The number of nitrogens with one attached hydrogen (secondary N) is 1. The average Bonchev–Trinajstić information content (AvgIpc) is 3.03. The maximum atomic E-state index is 11.6. The summed E-state index contributed by atoms with van der Waals surface area (Å²) in [6.45, 7) is 9.92. The fourth-order valence-electron chi connectivity index (χ4n) is 3.22. The van der Waals surface area contributed by atoms with Crippen molar-refractivity contribution in [1.82, 2.24) is 14.9 Å². The van der Waals surface area contributed by atoms with Crippen LogP contribution in [0.5, 0.6) is 0 Å². The lowest BCUT2D eigenvalue weighted by molar-refractivity contribution is -0.0246. The molecular formula is C19H27N3O3S. The highest BCUT2D eigenvalue weighted by molar-refractivity contribution is 7.90. The lowest BCUT2D eigenvalue weighted by atomic mass is 9.95. The number of nitrogens with zero attached hydrogens (tertiary/aromatic N) is 2. The van der Waals surface area contributed by atoms with Gasteiger partial charge in [-0.05, 0) is 23.1 Å². The minimum absolute atomic E-state index is 0.104. The largest absolute Gasteiger partial charge is 0.378 e. The van der Waals surface area contributed by atoms with Crippen molar-refractivity contribution in [3.05, 3.63) is 36.3 Å². The number of imidazole rings is 1. The van der Waals surface area contributed by atoms with Crippen LogP contribution in [0.3, 0.4) is 0 Å². The molecule has 1 aromatic carbocycles. The van der Waals surface area contributed by atoms with E-state index in [2.05, 4.69) is 35.6 Å². The number of H-pyrrole nitrogens is 1. The molecule has 7 heteroatoms. The summed E-state index contributed by atoms with van der Waals surface area (Å²) in [6, 6.07) is 6.96. The molecule has 0 aliphatic carbocycles. The minimum atomic E-state index is -3.19. The molecule has 26 heavy (non-hydrogen) atoms. The first-order chi connectivity index (χ1) is 12.1. The van der Waals surface area contributed by atoms with Crippen LogP contribution in [-0.4, -0.2) is 55.8 Å². The number of hydrogen-bond donors (Lipinski definition) is 1. The van der Waals surface area contributed by atoms with Crippen LogP contribution in [-0.2, 0) is 14.6 Å². The zero-order valence-electron chi connectivity index (χ0n) is 15.8. The molecular weight excluding hydrogens is 350 g/mol. The normalized spacial score (nSPS) is 19.6. The molecule has 1 aliphatic rings. The van der Waals surface area contributed by atoms with Crippen LogP contribution < -0.4 is 0 Å². The van der Waals surface area contributed by atoms with Crippen LogP contribution in [0.25, 0.3) is 11.3 Å². The molecule has 1 aromatic heterocycles. The summed E-state index contributed by atoms with van der Waals surface area (Å²) in [7, 11) is -3.19. The summed E-state index contributed by atoms with van der Waals surface area (Å²) < 4.78 is 28.9. The van der Waals surface area contributed by atoms with E-state index in [4.69, 9.17) is 4.74 Å². The Morgan fingerprint density at radius 2 is 1.96 bits per heavy atom. The first kappa shape index (κ1) is 19.1. The predicted molar refractivity (Wildman–Crippen MR) is 102 cm³/mol. The number of rotatable bonds is 4. The molecule has 2 aromatic rings. The Kier molecular flexibility index (Phi) is 5.23. The number of morpholine rings is 1. The van der Waals surface area contributed by atoms with Crippen LogP contribution in [0.2, 0.25) is 0 Å². The molecule has 1 atom stereocenters. The molecule has 1 N–H and O–H groups in total. The second-order valence-corrected chi connectivity index (χ2v) is 10.1. The van der Waals surface area contributed by atoms with Gasteiger partial charge in [0, 0.05) is 19.3 Å². The van der Waals surface area contributed by atoms with Crippen molar-refractivity contribution >= 4 is 9.84 Å². The molecule has 0 saturated carbocycles. The summed E-state index contributed by atoms with van der Waals surface area (Å²) in [5, 5.41) is 0. The fraction of sp³-hybridized carbons (Fsp3) is 0.526. The van der Waals surface area contributed by atoms with Gasteiger partial charge >= 0.3 is 0 Å². The van der Waals surface area contributed by atoms with Gasteiger partial charge in [-0.1, -0.05) is 32.9 Å². The summed E-state index contributed by atoms with van der Waals surface area (Å²) in [5.74, 6) is 0.885. The number of hydrogen-bond acceptors (Lipinski definition) is 5. The number of aromatic amines is 1. The SMILES string of the molecule is CC(C)(C)CN1CCOCC1c1ncc(-c2ccc(S(C)(=O)=O)cc2)[nH]1. The second kappa shape index (κ2) is 7.13. The van der Waals surface area contributed by atoms with Gasteiger partial charge in [-0.15, -0.1) is 0 Å². The van der Waals surface area contributed by atoms with E-state index in [0.717, 1.165) is 36.8 Å². The standard InChI is InChI=1S/C19H27N3O3S/c1-19(2,3)13-22-9-10-25-12-17(22)18-20-11-16(21-18)14-5-7-15(8-6-14)26(4,23)24/h5-8,11,17H,9-10,12-13H2,1-4H3,(H,20,21). The van der Waals surface area contributed by atoms with Crippen molar-refractivity contribution in [2.24, 2.45) is 5.41 Å². The summed E-state index contributed by atoms with van der Waals surface area (Å²) >= 11 is 0. The molecule has 2 heterocycles. The van der Waals surface area contributed by atoms with Crippen molar-refractivity contribution in [2.75, 3.05) is 32.6 Å². The second-order valence-electron chi connectivity index (χ2n) is 8.10. The van der Waals surface area contributed by atoms with Crippen molar-refractivity contribution < 1.29 is 13.2 Å². The third-order valence-electron chi connectivity index (χ3n) is 4.42. The van der Waals surface area contributed by atoms with Gasteiger partial charge in [-0.25, -0.2) is 13.4 Å². The van der Waals surface area contributed by atoms with Crippen LogP contribution in [0, 0.1) is 5.41 Å². The number of sulfone groups is 1. The van der Waals surface area contributed by atoms with E-state index in [-0.39, 0.29) is 11.5 Å². The molecule has 0 amide bonds. The van der Waals surface area contributed by atoms with E-state index in [9.17, 15) is 8.42 Å². The molecule has 142 valence electrons. The predicted octanol–water partition coefficient (Wildman–Crippen LogP) is 2.90. The summed E-state index contributed by atoms with van der Waals surface area (Å²) in [4.78, 5) is 10.7. The Morgan fingerprint density at radius 1 is 1.27 bits per heavy atom. The van der Waals surface area contributed by atoms with E-state index in [0.29, 0.717) is 11.5 Å². The minimum Gasteiger partial charge on any atom is -0.378 e. The Balaban J connectivity index is 1.82. The van der Waals surface area contributed by atoms with E-state index in [1.54, 1.807) is 30.5 Å². The maximum absolute atomic E-state index is 11.6. The van der Waals surface area contributed by atoms with E-state index in [1.165, 1.54) is 6.26 Å². The Bertz CT molecular complexity index is 851. The smallest absolute Gasteiger partial charge is 0.175 e. The van der Waals surface area contributed by atoms with Crippen molar-refractivity contribution in [3.8, 4) is 11.3 Å². The topological polar surface area (TPSA) is 75.3 Å². The van der Waals surface area contributed by atoms with Crippen molar-refractivity contribution in [1.29, 1.82) is 0 Å². The van der Waals surface area contributed by atoms with Crippen molar-refractivity contribution in [2.45, 2.75) is 31.7 Å². The summed E-state index contributed by atoms with van der Waals surface area (Å²) in [6.07, 6.45) is 3.01. The zero-order valence-corrected chi connectivity index (χ0v) is 16.6. The molecule has 1 unspecified atom stereocenters. The highest BCUT2D eigenvalue weighted by Gasteiger charge is 2.30. The molecule has 0 bridgehead atoms. The van der Waals surface area contributed by atoms with Gasteiger partial charge in [0.25, 0.3) is 0 Å². The Labute approximate surface area is 155 Å². The van der Waals surface area contributed by atoms with Crippen LogP contribution in [0.1, 0.15) is 32.6 Å². The van der Waals surface area contributed by atoms with Gasteiger partial charge in [0.05, 0.1) is 36.0 Å². The monoisotopic (exact) mass is 377 g/mol. The fourth-order valence-corrected chi connectivity index (χ4v) is 3.85. The van der Waals surface area contributed by atoms with E-state index >= 15 is 0 Å². The van der Waals surface area contributed by atoms with E-state index in [1.807, 2.05) is 0 Å². The molecule has 1 fully saturated rings. The van der Waals surface area contributed by atoms with Crippen molar-refractivity contribution in [3.63, 3.8) is 0 Å². The Hall–Kier alpha value is -1.70. The van der Waals surface area contributed by atoms with Gasteiger partial charge in [0.2, 0.25) is 0 Å². The van der Waals surface area contributed by atoms with Crippen LogP contribution in [0.4, 0.5) is 0 Å². The number of benzene rings is 1. The molecule has 1 aliphatic heterocycles. The number of aromatic nitrogens is 2. The lowest BCUT2D eigenvalue weighted by Gasteiger charge is -2.38. The lowest BCUT2D eigenvalue weighted by Crippen LogP contribution is -2.44. The van der Waals surface area contributed by atoms with E-state index < -0.39 is 9.84 Å². The molecule has 0 spiro atoms. The molecule has 0 radical (unpaired) electrons. The molecule has 6 nitrogen and oxygen atoms in total. The quantitative estimate of drug-likeness (QED) is 0.887. The van der Waals surface area contributed by atoms with Gasteiger partial charge < -0.3 is 9.72 Å². The maximum Gasteiger partial charge on any atom is 0.175 e. The van der Waals surface area contributed by atoms with Gasteiger partial charge in [0.15, 0.2) is 9.84 Å². The highest BCUT2D eigenvalue weighted by Crippen LogP contribution is 2.28. The molecule has 3 rings (SSSR count). The third-order valence-corrected chi connectivity index (χ3v) is 5.55. The summed E-state index contributed by atoms with van der Waals surface area (Å²) in [5.41, 5.74) is 1.99. The van der Waals surface area contributed by atoms with Gasteiger partial charge in [-0.3, -0.25) is 4.90 Å². The van der Waals surface area contributed by atoms with Crippen LogP contribution >= 0.6 is 0 Å². The van der Waals surface area contributed by atoms with Gasteiger partial charge in [0.1, 0.15) is 5.82 Å². The highest BCUT2D eigenvalue weighted by atomic mass is 32.2. The average molecular weight is 378 g/mol. The third kappa shape index (κ3) is 4.52. The number of ether oxygens (including phenoxy) is 1. The zero-order chi connectivity index (χ0) is 18.9. The molecule has 1 saturated heterocycles.